The third-order valence-electron chi connectivity index (χ3n) is 5.59. The topological polar surface area (TPSA) is 71.5 Å². The van der Waals surface area contributed by atoms with Crippen molar-refractivity contribution in [3.05, 3.63) is 54.6 Å². The first-order valence-corrected chi connectivity index (χ1v) is 11.5. The molecule has 2 aromatic carbocycles. The number of ether oxygens (including phenoxy) is 2. The fourth-order valence-corrected chi connectivity index (χ4v) is 3.62. The second-order valence-corrected chi connectivity index (χ2v) is 8.26. The molecule has 35 heavy (non-hydrogen) atoms. The SMILES string of the molecule is CC[C@@H](C)Nc1nc(Nc2ccc(N3CCOCC3)cc2)cc(-c2cccc(OC(F)(F)F)c2)n1. The fourth-order valence-electron chi connectivity index (χ4n) is 3.62. The van der Waals surface area contributed by atoms with E-state index in [4.69, 9.17) is 4.74 Å². The Balaban J connectivity index is 1.60. The van der Waals surface area contributed by atoms with Gasteiger partial charge in [0.2, 0.25) is 5.95 Å². The standard InChI is InChI=1S/C25H28F3N5O2/c1-3-17(2)29-24-31-22(18-5-4-6-21(15-18)35-25(26,27)28)16-23(32-24)30-19-7-9-20(10-8-19)33-11-13-34-14-12-33/h4-10,15-17H,3,11-14H2,1-2H3,(H2,29,30,31,32)/t17-/m1/s1. The first-order chi connectivity index (χ1) is 16.8. The third-order valence-corrected chi connectivity index (χ3v) is 5.59. The van der Waals surface area contributed by atoms with Crippen LogP contribution in [0.5, 0.6) is 5.75 Å². The van der Waals surface area contributed by atoms with E-state index >= 15 is 0 Å². The van der Waals surface area contributed by atoms with Crippen molar-refractivity contribution in [3.63, 3.8) is 0 Å². The van der Waals surface area contributed by atoms with Crippen LogP contribution in [-0.2, 0) is 4.74 Å². The molecule has 1 aromatic heterocycles. The second-order valence-electron chi connectivity index (χ2n) is 8.26. The van der Waals surface area contributed by atoms with Crippen molar-refractivity contribution < 1.29 is 22.6 Å². The number of nitrogens with one attached hydrogen (secondary N) is 2. The molecule has 4 rings (SSSR count). The van der Waals surface area contributed by atoms with E-state index < -0.39 is 6.36 Å². The number of hydrogen-bond acceptors (Lipinski definition) is 7. The van der Waals surface area contributed by atoms with Crippen LogP contribution in [0.2, 0.25) is 0 Å². The van der Waals surface area contributed by atoms with Crippen LogP contribution in [0.3, 0.4) is 0 Å². The summed E-state index contributed by atoms with van der Waals surface area (Å²) in [6, 6.07) is 15.6. The van der Waals surface area contributed by atoms with Crippen molar-refractivity contribution in [2.75, 3.05) is 41.8 Å². The van der Waals surface area contributed by atoms with Crippen LogP contribution >= 0.6 is 0 Å². The molecule has 7 nitrogen and oxygen atoms in total. The molecular weight excluding hydrogens is 459 g/mol. The number of rotatable bonds is 8. The number of aromatic nitrogens is 2. The van der Waals surface area contributed by atoms with E-state index in [0.717, 1.165) is 30.9 Å². The average Bonchev–Trinajstić information content (AvgIpc) is 2.84. The molecule has 0 bridgehead atoms. The molecule has 1 fully saturated rings. The van der Waals surface area contributed by atoms with Crippen LogP contribution in [0.4, 0.5) is 36.3 Å². The zero-order chi connectivity index (χ0) is 24.8. The molecule has 1 aliphatic heterocycles. The first-order valence-electron chi connectivity index (χ1n) is 11.5. The number of hydrogen-bond donors (Lipinski definition) is 2. The molecule has 2 N–H and O–H groups in total. The summed E-state index contributed by atoms with van der Waals surface area (Å²) in [4.78, 5) is 11.4. The van der Waals surface area contributed by atoms with Gasteiger partial charge in [-0.3, -0.25) is 0 Å². The van der Waals surface area contributed by atoms with Crippen LogP contribution < -0.4 is 20.3 Å². The van der Waals surface area contributed by atoms with E-state index in [-0.39, 0.29) is 11.8 Å². The molecule has 0 saturated carbocycles. The summed E-state index contributed by atoms with van der Waals surface area (Å²) in [6.07, 6.45) is -3.91. The zero-order valence-electron chi connectivity index (χ0n) is 19.6. The number of alkyl halides is 3. The van der Waals surface area contributed by atoms with E-state index in [9.17, 15) is 13.2 Å². The van der Waals surface area contributed by atoms with E-state index in [1.54, 1.807) is 12.1 Å². The van der Waals surface area contributed by atoms with E-state index in [1.807, 2.05) is 38.1 Å². The highest BCUT2D eigenvalue weighted by atomic mass is 19.4. The highest BCUT2D eigenvalue weighted by Gasteiger charge is 2.31. The normalized spacial score (nSPS) is 14.9. The summed E-state index contributed by atoms with van der Waals surface area (Å²) in [5.74, 6) is 0.590. The van der Waals surface area contributed by atoms with Gasteiger partial charge in [-0.05, 0) is 49.7 Å². The predicted octanol–water partition coefficient (Wildman–Crippen LogP) is 5.83. The Hall–Kier alpha value is -3.53. The Bertz CT molecular complexity index is 1120. The molecule has 186 valence electrons. The third kappa shape index (κ3) is 6.98. The number of benzene rings is 2. The minimum Gasteiger partial charge on any atom is -0.406 e. The van der Waals surface area contributed by atoms with Crippen LogP contribution in [0.15, 0.2) is 54.6 Å². The molecule has 0 radical (unpaired) electrons. The van der Waals surface area contributed by atoms with Gasteiger partial charge in [0, 0.05) is 42.1 Å². The van der Waals surface area contributed by atoms with Gasteiger partial charge in [0.25, 0.3) is 0 Å². The number of morpholine rings is 1. The molecule has 1 aliphatic rings. The average molecular weight is 488 g/mol. The molecule has 10 heteroatoms. The lowest BCUT2D eigenvalue weighted by Gasteiger charge is -2.28. The lowest BCUT2D eigenvalue weighted by Crippen LogP contribution is -2.36. The first kappa shape index (κ1) is 24.6. The fraction of sp³-hybridized carbons (Fsp3) is 0.360. The van der Waals surface area contributed by atoms with Gasteiger partial charge in [-0.15, -0.1) is 13.2 Å². The van der Waals surface area contributed by atoms with Gasteiger partial charge < -0.3 is 25.0 Å². The van der Waals surface area contributed by atoms with E-state index in [2.05, 4.69) is 30.2 Å². The van der Waals surface area contributed by atoms with Gasteiger partial charge in [0.15, 0.2) is 0 Å². The summed E-state index contributed by atoms with van der Waals surface area (Å²) in [5, 5.41) is 6.52. The van der Waals surface area contributed by atoms with E-state index in [1.165, 1.54) is 18.2 Å². The quantitative estimate of drug-likeness (QED) is 0.414. The minimum absolute atomic E-state index is 0.116. The second kappa shape index (κ2) is 10.8. The van der Waals surface area contributed by atoms with Gasteiger partial charge in [-0.1, -0.05) is 19.1 Å². The van der Waals surface area contributed by atoms with Crippen molar-refractivity contribution in [1.82, 2.24) is 9.97 Å². The highest BCUT2D eigenvalue weighted by Crippen LogP contribution is 2.30. The molecule has 0 amide bonds. The lowest BCUT2D eigenvalue weighted by molar-refractivity contribution is -0.274. The molecular formula is C25H28F3N5O2. The van der Waals surface area contributed by atoms with Crippen LogP contribution in [0.25, 0.3) is 11.3 Å². The number of halogens is 3. The van der Waals surface area contributed by atoms with Gasteiger partial charge in [0.1, 0.15) is 11.6 Å². The number of anilines is 4. The predicted molar refractivity (Wildman–Crippen MR) is 130 cm³/mol. The largest absolute Gasteiger partial charge is 0.573 e. The monoisotopic (exact) mass is 487 g/mol. The van der Waals surface area contributed by atoms with Crippen molar-refractivity contribution in [3.8, 4) is 17.0 Å². The summed E-state index contributed by atoms with van der Waals surface area (Å²) >= 11 is 0. The maximum atomic E-state index is 12.7. The smallest absolute Gasteiger partial charge is 0.406 e. The lowest BCUT2D eigenvalue weighted by atomic mass is 10.1. The Morgan fingerprint density at radius 1 is 1.06 bits per heavy atom. The molecule has 1 saturated heterocycles. The van der Waals surface area contributed by atoms with Crippen LogP contribution in [-0.4, -0.2) is 48.7 Å². The summed E-state index contributed by atoms with van der Waals surface area (Å²) in [6.45, 7) is 7.17. The molecule has 2 heterocycles. The highest BCUT2D eigenvalue weighted by molar-refractivity contribution is 5.69. The van der Waals surface area contributed by atoms with Crippen molar-refractivity contribution in [2.45, 2.75) is 32.7 Å². The molecule has 3 aromatic rings. The van der Waals surface area contributed by atoms with E-state index in [0.29, 0.717) is 36.2 Å². The molecule has 0 aliphatic carbocycles. The van der Waals surface area contributed by atoms with Crippen LogP contribution in [0, 0.1) is 0 Å². The van der Waals surface area contributed by atoms with Gasteiger partial charge in [0.05, 0.1) is 18.9 Å². The zero-order valence-corrected chi connectivity index (χ0v) is 19.6. The Morgan fingerprint density at radius 2 is 1.80 bits per heavy atom. The Kier molecular flexibility index (Phi) is 7.60. The Labute approximate surface area is 202 Å². The molecule has 0 unspecified atom stereocenters. The van der Waals surface area contributed by atoms with Gasteiger partial charge in [-0.25, -0.2) is 4.98 Å². The minimum atomic E-state index is -4.77. The summed E-state index contributed by atoms with van der Waals surface area (Å²) in [5.41, 5.74) is 2.89. The maximum absolute atomic E-state index is 12.7. The van der Waals surface area contributed by atoms with Crippen LogP contribution in [0.1, 0.15) is 20.3 Å². The number of nitrogens with zero attached hydrogens (tertiary/aromatic N) is 3. The summed E-state index contributed by atoms with van der Waals surface area (Å²) < 4.78 is 47.6. The Morgan fingerprint density at radius 3 is 2.49 bits per heavy atom. The van der Waals surface area contributed by atoms with Crippen molar-refractivity contribution in [1.29, 1.82) is 0 Å². The van der Waals surface area contributed by atoms with Gasteiger partial charge >= 0.3 is 6.36 Å². The van der Waals surface area contributed by atoms with Gasteiger partial charge in [-0.2, -0.15) is 4.98 Å². The van der Waals surface area contributed by atoms with Crippen molar-refractivity contribution in [2.24, 2.45) is 0 Å². The molecule has 1 atom stereocenters. The van der Waals surface area contributed by atoms with Crippen molar-refractivity contribution >= 4 is 23.1 Å². The molecule has 0 spiro atoms. The summed E-state index contributed by atoms with van der Waals surface area (Å²) in [7, 11) is 0. The maximum Gasteiger partial charge on any atom is 0.573 e.